The summed E-state index contributed by atoms with van der Waals surface area (Å²) in [5, 5.41) is 0. The molecule has 0 bridgehead atoms. The predicted octanol–water partition coefficient (Wildman–Crippen LogP) is 13.8. The Morgan fingerprint density at radius 1 is 0.700 bits per heavy atom. The van der Waals surface area contributed by atoms with E-state index < -0.39 is 0 Å². The van der Waals surface area contributed by atoms with Gasteiger partial charge in [0.25, 0.3) is 0 Å². The molecule has 1 heteroatoms. The van der Waals surface area contributed by atoms with Crippen LogP contribution < -0.4 is 0 Å². The maximum absolute atomic E-state index is 4.32. The van der Waals surface area contributed by atoms with Crippen LogP contribution in [0.4, 0.5) is 0 Å². The minimum Gasteiger partial charge on any atom is -0.303 e. The third kappa shape index (κ3) is 19.7. The van der Waals surface area contributed by atoms with E-state index in [9.17, 15) is 0 Å². The lowest BCUT2D eigenvalue weighted by molar-refractivity contribution is 0.334. The highest BCUT2D eigenvalue weighted by atomic mass is 15.1. The summed E-state index contributed by atoms with van der Waals surface area (Å²) in [6.45, 7) is 31.5. The highest BCUT2D eigenvalue weighted by Gasteiger charge is 2.11. The third-order valence-electron chi connectivity index (χ3n) is 10.1. The van der Waals surface area contributed by atoms with Gasteiger partial charge >= 0.3 is 0 Å². The summed E-state index contributed by atoms with van der Waals surface area (Å²) in [7, 11) is 0. The van der Waals surface area contributed by atoms with Gasteiger partial charge in [-0.15, -0.1) is 12.8 Å². The molecule has 0 atom stereocenters. The smallest absolute Gasteiger partial charge is 0.00156 e. The quantitative estimate of drug-likeness (QED) is 0.103. The maximum Gasteiger partial charge on any atom is -0.00156 e. The standard InChI is InChI=1S/C26H36.C14H21N.C7H14.C2H2/c1-5-23-13-15-25(16-14-23)12-11-21(3)9-7-8-10-22(4)26-19-17-24(6-2)18-20-26;1-13-6-8-14(9-7-13)5-4-12-15-10-2-3-11-15;1-6(2)7(3,4)5;1-2/h13-17,19H,3-12,18,20H2,1-2H3;6-9H,2-5,10-12H2,1H3;1H2,2-5H3;1-2H. The fourth-order valence-electron chi connectivity index (χ4n) is 5.80. The lowest BCUT2D eigenvalue weighted by atomic mass is 9.89. The van der Waals surface area contributed by atoms with E-state index in [1.807, 2.05) is 0 Å². The van der Waals surface area contributed by atoms with Crippen molar-refractivity contribution < 1.29 is 0 Å². The molecule has 0 amide bonds. The maximum atomic E-state index is 4.32. The fourth-order valence-corrected chi connectivity index (χ4v) is 5.80. The SMILES string of the molecule is C#C.C=C(C)C(C)(C)C.C=C(CCCCC(=C)C1=CC=C(CC)CC1)CCc1ccc(CC)cc1.Cc1ccc(CCCN2CCCC2)cc1. The summed E-state index contributed by atoms with van der Waals surface area (Å²) >= 11 is 0. The molecule has 0 saturated carbocycles. The summed E-state index contributed by atoms with van der Waals surface area (Å²) in [4.78, 5) is 2.59. The first kappa shape index (κ1) is 44.7. The van der Waals surface area contributed by atoms with Crippen molar-refractivity contribution >= 4 is 0 Å². The van der Waals surface area contributed by atoms with Crippen molar-refractivity contribution in [2.24, 2.45) is 5.41 Å². The molecule has 1 fully saturated rings. The number of hydrogen-bond acceptors (Lipinski definition) is 1. The van der Waals surface area contributed by atoms with E-state index in [4.69, 9.17) is 0 Å². The highest BCUT2D eigenvalue weighted by Crippen LogP contribution is 2.28. The van der Waals surface area contributed by atoms with Crippen LogP contribution in [0.25, 0.3) is 0 Å². The molecular formula is C49H73N. The van der Waals surface area contributed by atoms with E-state index in [1.165, 1.54) is 122 Å². The molecule has 1 saturated heterocycles. The number of allylic oxidation sites excluding steroid dienone is 7. The summed E-state index contributed by atoms with van der Waals surface area (Å²) in [6, 6.07) is 18.0. The Morgan fingerprint density at radius 3 is 1.76 bits per heavy atom. The Kier molecular flexibility index (Phi) is 22.9. The second kappa shape index (κ2) is 25.6. The van der Waals surface area contributed by atoms with Gasteiger partial charge in [-0.3, -0.25) is 0 Å². The average Bonchev–Trinajstić information content (AvgIpc) is 3.65. The zero-order valence-electron chi connectivity index (χ0n) is 33.5. The van der Waals surface area contributed by atoms with Crippen LogP contribution in [0.5, 0.6) is 0 Å². The van der Waals surface area contributed by atoms with Gasteiger partial charge in [-0.25, -0.2) is 0 Å². The van der Waals surface area contributed by atoms with Crippen LogP contribution in [0.2, 0.25) is 0 Å². The van der Waals surface area contributed by atoms with E-state index >= 15 is 0 Å². The number of likely N-dealkylation sites (tertiary alicyclic amines) is 1. The fraction of sp³-hybridized carbons (Fsp3) is 0.510. The van der Waals surface area contributed by atoms with Crippen LogP contribution in [0, 0.1) is 25.2 Å². The monoisotopic (exact) mass is 676 g/mol. The van der Waals surface area contributed by atoms with Crippen molar-refractivity contribution in [3.05, 3.63) is 131 Å². The molecule has 0 N–H and O–H groups in total. The first-order valence-electron chi connectivity index (χ1n) is 19.5. The van der Waals surface area contributed by atoms with Gasteiger partial charge in [0.2, 0.25) is 0 Å². The number of hydrogen-bond donors (Lipinski definition) is 0. The van der Waals surface area contributed by atoms with Gasteiger partial charge < -0.3 is 4.90 Å². The topological polar surface area (TPSA) is 3.24 Å². The van der Waals surface area contributed by atoms with Crippen molar-refractivity contribution in [3.63, 3.8) is 0 Å². The summed E-state index contributed by atoms with van der Waals surface area (Å²) in [6.07, 6.45) is 29.6. The molecule has 274 valence electrons. The van der Waals surface area contributed by atoms with Gasteiger partial charge in [0.1, 0.15) is 0 Å². The molecule has 1 heterocycles. The third-order valence-corrected chi connectivity index (χ3v) is 10.1. The van der Waals surface area contributed by atoms with Crippen LogP contribution in [0.15, 0.2) is 108 Å². The number of benzene rings is 2. The molecule has 2 aliphatic rings. The van der Waals surface area contributed by atoms with Gasteiger partial charge in [-0.2, -0.15) is 0 Å². The molecule has 2 aromatic carbocycles. The zero-order valence-corrected chi connectivity index (χ0v) is 33.5. The van der Waals surface area contributed by atoms with Crippen molar-refractivity contribution in [3.8, 4) is 12.8 Å². The summed E-state index contributed by atoms with van der Waals surface area (Å²) < 4.78 is 0. The van der Waals surface area contributed by atoms with E-state index in [-0.39, 0.29) is 0 Å². The largest absolute Gasteiger partial charge is 0.303 e. The Labute approximate surface area is 310 Å². The van der Waals surface area contributed by atoms with E-state index in [0.29, 0.717) is 5.41 Å². The number of aryl methyl sites for hydroxylation is 4. The lowest BCUT2D eigenvalue weighted by Crippen LogP contribution is -2.20. The van der Waals surface area contributed by atoms with Crippen molar-refractivity contribution in [2.75, 3.05) is 19.6 Å². The van der Waals surface area contributed by atoms with Crippen molar-refractivity contribution in [1.29, 1.82) is 0 Å². The molecule has 2 aromatic rings. The Balaban J connectivity index is 0.000000436. The average molecular weight is 676 g/mol. The summed E-state index contributed by atoms with van der Waals surface area (Å²) in [5.41, 5.74) is 13.0. The number of nitrogens with zero attached hydrogens (tertiary/aromatic N) is 1. The molecule has 0 unspecified atom stereocenters. The molecule has 0 aromatic heterocycles. The Hall–Kier alpha value is -3.34. The molecule has 4 rings (SSSR count). The molecule has 0 spiro atoms. The lowest BCUT2D eigenvalue weighted by Gasteiger charge is -2.16. The van der Waals surface area contributed by atoms with Gasteiger partial charge in [-0.05, 0) is 151 Å². The van der Waals surface area contributed by atoms with Crippen molar-refractivity contribution in [1.82, 2.24) is 4.90 Å². The van der Waals surface area contributed by atoms with Crippen LogP contribution >= 0.6 is 0 Å². The van der Waals surface area contributed by atoms with E-state index in [0.717, 1.165) is 32.1 Å². The van der Waals surface area contributed by atoms with E-state index in [1.54, 1.807) is 5.57 Å². The zero-order chi connectivity index (χ0) is 37.4. The molecular weight excluding hydrogens is 603 g/mol. The second-order valence-electron chi connectivity index (χ2n) is 15.3. The second-order valence-corrected chi connectivity index (χ2v) is 15.3. The minimum atomic E-state index is 0.306. The van der Waals surface area contributed by atoms with Crippen LogP contribution in [-0.2, 0) is 19.3 Å². The highest BCUT2D eigenvalue weighted by molar-refractivity contribution is 5.36. The normalized spacial score (nSPS) is 14.0. The van der Waals surface area contributed by atoms with Gasteiger partial charge in [0.05, 0.1) is 0 Å². The van der Waals surface area contributed by atoms with Gasteiger partial charge in [-0.1, -0.05) is 143 Å². The first-order valence-corrected chi connectivity index (χ1v) is 19.5. The molecule has 1 aliphatic heterocycles. The molecule has 1 aliphatic carbocycles. The minimum absolute atomic E-state index is 0.306. The number of terminal acetylenes is 1. The number of unbranched alkanes of at least 4 members (excludes halogenated alkanes) is 1. The molecule has 50 heavy (non-hydrogen) atoms. The van der Waals surface area contributed by atoms with Gasteiger partial charge in [0.15, 0.2) is 0 Å². The Morgan fingerprint density at radius 2 is 1.24 bits per heavy atom. The predicted molar refractivity (Wildman–Crippen MR) is 226 cm³/mol. The number of rotatable bonds is 15. The van der Waals surface area contributed by atoms with E-state index in [2.05, 4.69) is 147 Å². The van der Waals surface area contributed by atoms with Gasteiger partial charge in [0, 0.05) is 0 Å². The van der Waals surface area contributed by atoms with Crippen molar-refractivity contribution in [2.45, 2.75) is 138 Å². The first-order chi connectivity index (χ1) is 23.9. The van der Waals surface area contributed by atoms with Crippen LogP contribution in [0.3, 0.4) is 0 Å². The summed E-state index contributed by atoms with van der Waals surface area (Å²) in [5.74, 6) is 0. The Bertz CT molecular complexity index is 1330. The molecule has 1 nitrogen and oxygen atoms in total. The van der Waals surface area contributed by atoms with Crippen LogP contribution in [-0.4, -0.2) is 24.5 Å². The molecule has 0 radical (unpaired) electrons. The van der Waals surface area contributed by atoms with Crippen LogP contribution in [0.1, 0.15) is 134 Å².